The molecule has 0 atom stereocenters. The largest absolute Gasteiger partial charge is 0.310 e. The van der Waals surface area contributed by atoms with E-state index in [1.807, 2.05) is 11.0 Å². The molecule has 4 rings (SSSR count). The van der Waals surface area contributed by atoms with Crippen LogP contribution in [0.1, 0.15) is 38.5 Å². The fourth-order valence-corrected chi connectivity index (χ4v) is 6.08. The van der Waals surface area contributed by atoms with Gasteiger partial charge in [-0.3, -0.25) is 4.79 Å². The van der Waals surface area contributed by atoms with E-state index in [4.69, 9.17) is 0 Å². The molecule has 0 spiro atoms. The van der Waals surface area contributed by atoms with Gasteiger partial charge in [-0.2, -0.15) is 4.31 Å². The molecule has 0 unspecified atom stereocenters. The summed E-state index contributed by atoms with van der Waals surface area (Å²) < 4.78 is 27.7. The Morgan fingerprint density at radius 3 is 2.44 bits per heavy atom. The predicted molar refractivity (Wildman–Crippen MR) is 99.5 cm³/mol. The fourth-order valence-electron chi connectivity index (χ4n) is 3.57. The van der Waals surface area contributed by atoms with Gasteiger partial charge in [0.15, 0.2) is 0 Å². The van der Waals surface area contributed by atoms with Gasteiger partial charge in [-0.25, -0.2) is 8.42 Å². The second-order valence-electron chi connectivity index (χ2n) is 7.06. The molecule has 7 heteroatoms. The average molecular weight is 381 g/mol. The highest BCUT2D eigenvalue weighted by atomic mass is 32.2. The van der Waals surface area contributed by atoms with Crippen LogP contribution >= 0.6 is 11.8 Å². The van der Waals surface area contributed by atoms with E-state index >= 15 is 0 Å². The lowest BCUT2D eigenvalue weighted by Crippen LogP contribution is -2.37. The number of amides is 1. The van der Waals surface area contributed by atoms with Crippen LogP contribution in [-0.2, 0) is 14.8 Å². The first kappa shape index (κ1) is 17.4. The normalized spacial score (nSPS) is 22.3. The maximum atomic E-state index is 13.1. The van der Waals surface area contributed by atoms with E-state index in [0.717, 1.165) is 54.9 Å². The van der Waals surface area contributed by atoms with Crippen molar-refractivity contribution < 1.29 is 13.2 Å². The number of sulfonamides is 1. The zero-order valence-corrected chi connectivity index (χ0v) is 15.9. The van der Waals surface area contributed by atoms with Crippen LogP contribution in [0.25, 0.3) is 0 Å². The molecule has 0 aromatic heterocycles. The lowest BCUT2D eigenvalue weighted by Gasteiger charge is -2.30. The first-order valence-corrected chi connectivity index (χ1v) is 11.6. The van der Waals surface area contributed by atoms with Crippen molar-refractivity contribution in [3.05, 3.63) is 18.2 Å². The fraction of sp³-hybridized carbons (Fsp3) is 0.611. The van der Waals surface area contributed by atoms with Gasteiger partial charge in [-0.1, -0.05) is 12.8 Å². The summed E-state index contributed by atoms with van der Waals surface area (Å²) in [6.45, 7) is 1.86. The molecule has 1 aromatic rings. The molecule has 1 amide bonds. The highest BCUT2D eigenvalue weighted by molar-refractivity contribution is 7.99. The third-order valence-electron chi connectivity index (χ3n) is 5.19. The van der Waals surface area contributed by atoms with Gasteiger partial charge in [0.1, 0.15) is 0 Å². The Hall–Kier alpha value is -1.05. The van der Waals surface area contributed by atoms with E-state index in [2.05, 4.69) is 0 Å². The summed E-state index contributed by atoms with van der Waals surface area (Å²) in [7, 11) is -3.49. The summed E-state index contributed by atoms with van der Waals surface area (Å²) in [6, 6.07) is 5.30. The summed E-state index contributed by atoms with van der Waals surface area (Å²) in [4.78, 5) is 15.7. The van der Waals surface area contributed by atoms with E-state index in [9.17, 15) is 13.2 Å². The minimum Gasteiger partial charge on any atom is -0.310 e. The molecular weight excluding hydrogens is 356 g/mol. The third-order valence-corrected chi connectivity index (χ3v) is 8.13. The third kappa shape index (κ3) is 3.46. The molecule has 0 radical (unpaired) electrons. The van der Waals surface area contributed by atoms with Crippen molar-refractivity contribution in [3.8, 4) is 0 Å². The number of fused-ring (bicyclic) bond motifs is 1. The molecule has 2 fully saturated rings. The number of rotatable bonds is 3. The van der Waals surface area contributed by atoms with Gasteiger partial charge >= 0.3 is 0 Å². The van der Waals surface area contributed by atoms with E-state index < -0.39 is 10.0 Å². The van der Waals surface area contributed by atoms with Gasteiger partial charge < -0.3 is 4.90 Å². The number of thioether (sulfide) groups is 1. The summed E-state index contributed by atoms with van der Waals surface area (Å²) in [5.74, 6) is 1.16. The SMILES string of the molecule is O=C(C1CC1)N1CCSc2ccc(S(=O)(=O)N3CCCCCC3)cc21. The van der Waals surface area contributed by atoms with Crippen molar-refractivity contribution in [1.29, 1.82) is 0 Å². The standard InChI is InChI=1S/C18H24N2O3S2/c21-18(14-5-6-14)20-11-12-24-17-8-7-15(13-16(17)20)25(22,23)19-9-3-1-2-4-10-19/h7-8,13-14H,1-6,9-12H2. The molecule has 2 aliphatic heterocycles. The minimum atomic E-state index is -3.49. The molecule has 25 heavy (non-hydrogen) atoms. The highest BCUT2D eigenvalue weighted by Gasteiger charge is 2.36. The molecule has 0 bridgehead atoms. The first-order valence-electron chi connectivity index (χ1n) is 9.16. The lowest BCUT2D eigenvalue weighted by molar-refractivity contribution is -0.119. The van der Waals surface area contributed by atoms with Crippen LogP contribution in [0.2, 0.25) is 0 Å². The number of carbonyl (C=O) groups excluding carboxylic acids is 1. The maximum Gasteiger partial charge on any atom is 0.243 e. The molecule has 1 aliphatic carbocycles. The topological polar surface area (TPSA) is 57.7 Å². The van der Waals surface area contributed by atoms with Crippen LogP contribution in [-0.4, -0.2) is 44.0 Å². The molecule has 5 nitrogen and oxygen atoms in total. The van der Waals surface area contributed by atoms with Crippen LogP contribution in [0.5, 0.6) is 0 Å². The Labute approximate surface area is 153 Å². The molecular formula is C18H24N2O3S2. The van der Waals surface area contributed by atoms with Gasteiger partial charge in [0.2, 0.25) is 15.9 Å². The van der Waals surface area contributed by atoms with E-state index in [-0.39, 0.29) is 11.8 Å². The maximum absolute atomic E-state index is 13.1. The quantitative estimate of drug-likeness (QED) is 0.808. The Morgan fingerprint density at radius 2 is 1.76 bits per heavy atom. The van der Waals surface area contributed by atoms with E-state index in [0.29, 0.717) is 24.5 Å². The number of anilines is 1. The average Bonchev–Trinajstić information content (AvgIpc) is 3.46. The van der Waals surface area contributed by atoms with Crippen LogP contribution < -0.4 is 4.90 Å². The zero-order valence-electron chi connectivity index (χ0n) is 14.3. The number of benzene rings is 1. The molecule has 1 aromatic carbocycles. The van der Waals surface area contributed by atoms with Crippen LogP contribution in [0.3, 0.4) is 0 Å². The van der Waals surface area contributed by atoms with Gasteiger partial charge in [-0.05, 0) is 43.9 Å². The zero-order chi connectivity index (χ0) is 17.4. The van der Waals surface area contributed by atoms with Gasteiger partial charge in [0, 0.05) is 36.2 Å². The number of hydrogen-bond acceptors (Lipinski definition) is 4. The Kier molecular flexibility index (Phi) is 4.81. The number of hydrogen-bond donors (Lipinski definition) is 0. The monoisotopic (exact) mass is 380 g/mol. The van der Waals surface area contributed by atoms with Crippen molar-refractivity contribution in [2.45, 2.75) is 48.3 Å². The smallest absolute Gasteiger partial charge is 0.243 e. The van der Waals surface area contributed by atoms with Crippen molar-refractivity contribution in [2.24, 2.45) is 5.92 Å². The second kappa shape index (κ2) is 6.93. The first-order chi connectivity index (χ1) is 12.1. The van der Waals surface area contributed by atoms with Crippen LogP contribution in [0, 0.1) is 5.92 Å². The Balaban J connectivity index is 1.67. The second-order valence-corrected chi connectivity index (χ2v) is 10.1. The van der Waals surface area contributed by atoms with Crippen molar-refractivity contribution >= 4 is 33.4 Å². The van der Waals surface area contributed by atoms with E-state index in [1.54, 1.807) is 28.2 Å². The molecule has 0 N–H and O–H groups in total. The Morgan fingerprint density at radius 1 is 1.04 bits per heavy atom. The summed E-state index contributed by atoms with van der Waals surface area (Å²) >= 11 is 1.70. The summed E-state index contributed by atoms with van der Waals surface area (Å²) in [6.07, 6.45) is 5.96. The molecule has 2 heterocycles. The van der Waals surface area contributed by atoms with Gasteiger partial charge in [0.05, 0.1) is 10.6 Å². The van der Waals surface area contributed by atoms with Gasteiger partial charge in [0.25, 0.3) is 0 Å². The van der Waals surface area contributed by atoms with Crippen molar-refractivity contribution in [3.63, 3.8) is 0 Å². The predicted octanol–water partition coefficient (Wildman–Crippen LogP) is 3.10. The highest BCUT2D eigenvalue weighted by Crippen LogP contribution is 2.40. The van der Waals surface area contributed by atoms with E-state index in [1.165, 1.54) is 0 Å². The van der Waals surface area contributed by atoms with Crippen LogP contribution in [0.15, 0.2) is 28.0 Å². The molecule has 1 saturated carbocycles. The lowest BCUT2D eigenvalue weighted by atomic mass is 10.2. The number of nitrogens with zero attached hydrogens (tertiary/aromatic N) is 2. The summed E-state index contributed by atoms with van der Waals surface area (Å²) in [5, 5.41) is 0. The summed E-state index contributed by atoms with van der Waals surface area (Å²) in [5.41, 5.74) is 0.782. The van der Waals surface area contributed by atoms with Gasteiger partial charge in [-0.15, -0.1) is 11.8 Å². The molecule has 1 saturated heterocycles. The molecule has 3 aliphatic rings. The molecule has 136 valence electrons. The van der Waals surface area contributed by atoms with Crippen molar-refractivity contribution in [2.75, 3.05) is 30.3 Å². The number of carbonyl (C=O) groups is 1. The minimum absolute atomic E-state index is 0.141. The van der Waals surface area contributed by atoms with Crippen molar-refractivity contribution in [1.82, 2.24) is 4.31 Å². The Bertz CT molecular complexity index is 767. The van der Waals surface area contributed by atoms with Crippen LogP contribution in [0.4, 0.5) is 5.69 Å².